The van der Waals surface area contributed by atoms with E-state index in [2.05, 4.69) is 6.07 Å². The van der Waals surface area contributed by atoms with Crippen molar-refractivity contribution in [1.82, 2.24) is 0 Å². The minimum atomic E-state index is 0.280. The first kappa shape index (κ1) is 6.91. The molecule has 2 nitrogen and oxygen atoms in total. The first-order valence-electron chi connectivity index (χ1n) is 2.61. The van der Waals surface area contributed by atoms with Crippen LogP contribution in [0.4, 0.5) is 5.69 Å². The maximum absolute atomic E-state index is 8.46. The molecule has 2 N–H and O–H groups in total. The van der Waals surface area contributed by atoms with Crippen LogP contribution in [-0.4, -0.2) is 0 Å². The highest BCUT2D eigenvalue weighted by Gasteiger charge is 2.00. The third kappa shape index (κ3) is 1.04. The maximum Gasteiger partial charge on any atom is 0.103 e. The molecule has 0 unspecified atom stereocenters. The van der Waals surface area contributed by atoms with Gasteiger partial charge in [0.25, 0.3) is 0 Å². The summed E-state index contributed by atoms with van der Waals surface area (Å²) in [5, 5.41) is 8.74. The van der Waals surface area contributed by atoms with Crippen molar-refractivity contribution in [3.05, 3.63) is 28.8 Å². The van der Waals surface area contributed by atoms with Gasteiger partial charge in [0.15, 0.2) is 0 Å². The number of nitrogens with two attached hydrogens (primary N) is 1. The van der Waals surface area contributed by atoms with Gasteiger partial charge in [-0.15, -0.1) is 0 Å². The number of nitriles is 1. The molecule has 0 saturated heterocycles. The summed E-state index contributed by atoms with van der Waals surface area (Å²) in [4.78, 5) is 0. The topological polar surface area (TPSA) is 49.8 Å². The first-order chi connectivity index (χ1) is 4.75. The van der Waals surface area contributed by atoms with E-state index < -0.39 is 0 Å². The van der Waals surface area contributed by atoms with Crippen molar-refractivity contribution in [2.24, 2.45) is 0 Å². The number of hydrogen-bond donors (Lipinski definition) is 1. The zero-order valence-corrected chi connectivity index (χ0v) is 5.81. The van der Waals surface area contributed by atoms with Gasteiger partial charge in [-0.05, 0) is 6.07 Å². The van der Waals surface area contributed by atoms with Crippen LogP contribution in [-0.2, 0) is 0 Å². The van der Waals surface area contributed by atoms with E-state index in [1.807, 2.05) is 6.07 Å². The molecule has 1 aromatic carbocycles. The molecule has 0 aliphatic heterocycles. The molecular weight excluding hydrogens is 148 g/mol. The Hall–Kier alpha value is -1.20. The van der Waals surface area contributed by atoms with Crippen molar-refractivity contribution in [2.75, 3.05) is 5.73 Å². The normalized spacial score (nSPS) is 8.80. The van der Waals surface area contributed by atoms with Crippen LogP contribution in [0.15, 0.2) is 12.1 Å². The summed E-state index contributed by atoms with van der Waals surface area (Å²) in [7, 11) is 0. The van der Waals surface area contributed by atoms with Gasteiger partial charge in [-0.2, -0.15) is 5.26 Å². The van der Waals surface area contributed by atoms with E-state index in [4.69, 9.17) is 22.6 Å². The van der Waals surface area contributed by atoms with E-state index in [-0.39, 0.29) is 5.02 Å². The standard InChI is InChI=1S/C7H4ClN2/c8-6-2-1-3-7(10)5(6)4-9/h1,3H,10H2. The smallest absolute Gasteiger partial charge is 0.103 e. The molecule has 1 rings (SSSR count). The van der Waals surface area contributed by atoms with Gasteiger partial charge in [0, 0.05) is 6.07 Å². The second kappa shape index (κ2) is 2.59. The lowest BCUT2D eigenvalue weighted by Crippen LogP contribution is -1.89. The van der Waals surface area contributed by atoms with Crippen LogP contribution < -0.4 is 5.73 Å². The molecular formula is C7H4ClN2. The molecule has 1 aromatic rings. The van der Waals surface area contributed by atoms with Crippen molar-refractivity contribution >= 4 is 17.3 Å². The van der Waals surface area contributed by atoms with E-state index in [9.17, 15) is 0 Å². The highest BCUT2D eigenvalue weighted by molar-refractivity contribution is 6.31. The molecule has 1 radical (unpaired) electrons. The Balaban J connectivity index is 3.34. The first-order valence-corrected chi connectivity index (χ1v) is 2.99. The second-order valence-electron chi connectivity index (χ2n) is 1.73. The van der Waals surface area contributed by atoms with Crippen molar-refractivity contribution in [3.8, 4) is 6.07 Å². The average molecular weight is 152 g/mol. The number of anilines is 1. The van der Waals surface area contributed by atoms with E-state index in [1.165, 1.54) is 0 Å². The molecule has 0 spiro atoms. The molecule has 10 heavy (non-hydrogen) atoms. The van der Waals surface area contributed by atoms with E-state index in [0.717, 1.165) is 0 Å². The molecule has 0 aromatic heterocycles. The molecule has 3 heteroatoms. The van der Waals surface area contributed by atoms with Gasteiger partial charge in [-0.3, -0.25) is 0 Å². The predicted octanol–water partition coefficient (Wildman–Crippen LogP) is 1.59. The van der Waals surface area contributed by atoms with Crippen LogP contribution in [0, 0.1) is 17.4 Å². The molecule has 0 aliphatic carbocycles. The molecule has 0 heterocycles. The van der Waals surface area contributed by atoms with Gasteiger partial charge in [0.2, 0.25) is 0 Å². The van der Waals surface area contributed by atoms with Gasteiger partial charge in [0.1, 0.15) is 6.07 Å². The summed E-state index contributed by atoms with van der Waals surface area (Å²) in [6.07, 6.45) is 0. The molecule has 0 fully saturated rings. The Morgan fingerprint density at radius 1 is 1.70 bits per heavy atom. The summed E-state index contributed by atoms with van der Waals surface area (Å²) < 4.78 is 0. The Kier molecular flexibility index (Phi) is 1.79. The Morgan fingerprint density at radius 2 is 2.40 bits per heavy atom. The lowest BCUT2D eigenvalue weighted by atomic mass is 10.2. The minimum absolute atomic E-state index is 0.280. The number of nitrogens with zero attached hydrogens (tertiary/aromatic N) is 1. The van der Waals surface area contributed by atoms with Crippen LogP contribution >= 0.6 is 11.6 Å². The summed E-state index contributed by atoms with van der Waals surface area (Å²) in [5.41, 5.74) is 6.10. The van der Waals surface area contributed by atoms with Crippen LogP contribution in [0.3, 0.4) is 0 Å². The molecule has 0 bridgehead atoms. The average Bonchev–Trinajstić information content (AvgIpc) is 1.88. The highest BCUT2D eigenvalue weighted by atomic mass is 35.5. The lowest BCUT2D eigenvalue weighted by Gasteiger charge is -1.95. The number of benzene rings is 1. The molecule has 0 amide bonds. The van der Waals surface area contributed by atoms with Gasteiger partial charge >= 0.3 is 0 Å². The Labute approximate surface area is 63.8 Å². The SMILES string of the molecule is N#Cc1c(Cl)[c]ccc1N. The lowest BCUT2D eigenvalue weighted by molar-refractivity contribution is 1.48. The van der Waals surface area contributed by atoms with Crippen molar-refractivity contribution in [1.29, 1.82) is 5.26 Å². The minimum Gasteiger partial charge on any atom is -0.398 e. The summed E-state index contributed by atoms with van der Waals surface area (Å²) in [5.74, 6) is 0. The van der Waals surface area contributed by atoms with E-state index in [1.54, 1.807) is 12.1 Å². The third-order valence-corrected chi connectivity index (χ3v) is 1.39. The van der Waals surface area contributed by atoms with Crippen LogP contribution in [0.5, 0.6) is 0 Å². The molecule has 0 aliphatic rings. The maximum atomic E-state index is 8.46. The number of halogens is 1. The van der Waals surface area contributed by atoms with Gasteiger partial charge in [-0.25, -0.2) is 0 Å². The molecule has 0 saturated carbocycles. The molecule has 0 atom stereocenters. The zero-order chi connectivity index (χ0) is 7.56. The van der Waals surface area contributed by atoms with Gasteiger partial charge in [-0.1, -0.05) is 17.7 Å². The molecule has 49 valence electrons. The van der Waals surface area contributed by atoms with Crippen LogP contribution in [0.25, 0.3) is 0 Å². The zero-order valence-electron chi connectivity index (χ0n) is 5.06. The third-order valence-electron chi connectivity index (χ3n) is 1.09. The fraction of sp³-hybridized carbons (Fsp3) is 0. The highest BCUT2D eigenvalue weighted by Crippen LogP contribution is 2.19. The number of rotatable bonds is 0. The number of nitrogen functional groups attached to an aromatic ring is 1. The Bertz CT molecular complexity index is 268. The predicted molar refractivity (Wildman–Crippen MR) is 39.4 cm³/mol. The largest absolute Gasteiger partial charge is 0.398 e. The van der Waals surface area contributed by atoms with Crippen molar-refractivity contribution in [2.45, 2.75) is 0 Å². The van der Waals surface area contributed by atoms with E-state index >= 15 is 0 Å². The summed E-state index contributed by atoms with van der Waals surface area (Å²) in [6.45, 7) is 0. The van der Waals surface area contributed by atoms with Gasteiger partial charge < -0.3 is 5.73 Å². The summed E-state index contributed by atoms with van der Waals surface area (Å²) in [6, 6.07) is 7.70. The van der Waals surface area contributed by atoms with Crippen LogP contribution in [0.2, 0.25) is 5.02 Å². The van der Waals surface area contributed by atoms with Crippen molar-refractivity contribution in [3.63, 3.8) is 0 Å². The fourth-order valence-corrected chi connectivity index (χ4v) is 0.815. The van der Waals surface area contributed by atoms with E-state index in [0.29, 0.717) is 11.3 Å². The van der Waals surface area contributed by atoms with Gasteiger partial charge in [0.05, 0.1) is 16.3 Å². The second-order valence-corrected chi connectivity index (χ2v) is 2.11. The summed E-state index contributed by atoms with van der Waals surface area (Å²) >= 11 is 5.57. The van der Waals surface area contributed by atoms with Crippen molar-refractivity contribution < 1.29 is 0 Å². The quantitative estimate of drug-likeness (QED) is 0.573. The monoisotopic (exact) mass is 151 g/mol. The number of hydrogen-bond acceptors (Lipinski definition) is 2. The van der Waals surface area contributed by atoms with Crippen LogP contribution in [0.1, 0.15) is 5.56 Å². The Morgan fingerprint density at radius 3 is 2.80 bits per heavy atom. The fourth-order valence-electron chi connectivity index (χ4n) is 0.600.